The molecule has 3 amide bonds. The lowest BCUT2D eigenvalue weighted by Gasteiger charge is -2.22. The molecule has 0 saturated heterocycles. The molecule has 0 aliphatic carbocycles. The Bertz CT molecular complexity index is 1060. The van der Waals surface area contributed by atoms with Crippen LogP contribution in [-0.2, 0) is 17.6 Å². The van der Waals surface area contributed by atoms with E-state index in [1.54, 1.807) is 0 Å². The molecule has 0 bridgehead atoms. The number of carbonyl (C=O) groups excluding carboxylic acids is 2. The Morgan fingerprint density at radius 2 is 2.00 bits per heavy atom. The summed E-state index contributed by atoms with van der Waals surface area (Å²) in [6, 6.07) is 15.4. The van der Waals surface area contributed by atoms with E-state index in [9.17, 15) is 9.59 Å². The first-order valence-electron chi connectivity index (χ1n) is 9.48. The number of rotatable bonds is 4. The van der Waals surface area contributed by atoms with Crippen LogP contribution in [0.3, 0.4) is 0 Å². The van der Waals surface area contributed by atoms with Gasteiger partial charge in [0.2, 0.25) is 5.91 Å². The van der Waals surface area contributed by atoms with Crippen LogP contribution in [0.4, 0.5) is 21.3 Å². The Balaban J connectivity index is 1.38. The fourth-order valence-electron chi connectivity index (χ4n) is 3.61. The van der Waals surface area contributed by atoms with E-state index in [-0.39, 0.29) is 24.4 Å². The molecule has 148 valence electrons. The second kappa shape index (κ2) is 8.05. The van der Waals surface area contributed by atoms with Gasteiger partial charge in [-0.25, -0.2) is 9.78 Å². The maximum Gasteiger partial charge on any atom is 0.325 e. The molecule has 0 radical (unpaired) electrons. The molecule has 0 fully saturated rings. The predicted octanol–water partition coefficient (Wildman–Crippen LogP) is 4.62. The number of hydrogen-bond acceptors (Lipinski definition) is 4. The Kier molecular flexibility index (Phi) is 5.31. The number of hydrogen-bond donors (Lipinski definition) is 2. The van der Waals surface area contributed by atoms with Crippen molar-refractivity contribution >= 4 is 39.8 Å². The molecule has 1 atom stereocenters. The van der Waals surface area contributed by atoms with Crippen molar-refractivity contribution in [1.29, 1.82) is 0 Å². The molecule has 1 unspecified atom stereocenters. The van der Waals surface area contributed by atoms with Gasteiger partial charge in [-0.3, -0.25) is 10.1 Å². The molecule has 7 heteroatoms. The van der Waals surface area contributed by atoms with E-state index in [0.29, 0.717) is 10.8 Å². The van der Waals surface area contributed by atoms with Gasteiger partial charge in [0.1, 0.15) is 0 Å². The van der Waals surface area contributed by atoms with Crippen molar-refractivity contribution in [2.75, 3.05) is 15.5 Å². The number of para-hydroxylation sites is 1. The molecular weight excluding hydrogens is 384 g/mol. The smallest absolute Gasteiger partial charge is 0.309 e. The van der Waals surface area contributed by atoms with Crippen molar-refractivity contribution in [2.45, 2.75) is 32.7 Å². The molecule has 2 aromatic carbocycles. The zero-order valence-corrected chi connectivity index (χ0v) is 17.1. The molecule has 4 rings (SSSR count). The SMILES string of the molecule is Cc1cccc(NC(=O)Nc2nc(CC(=O)N3c4ccccc4CC3C)cs2)c1. The largest absolute Gasteiger partial charge is 0.325 e. The summed E-state index contributed by atoms with van der Waals surface area (Å²) in [7, 11) is 0. The summed E-state index contributed by atoms with van der Waals surface area (Å²) in [6.07, 6.45) is 1.07. The van der Waals surface area contributed by atoms with Crippen LogP contribution in [0.15, 0.2) is 53.9 Å². The number of fused-ring (bicyclic) bond motifs is 1. The van der Waals surface area contributed by atoms with Gasteiger partial charge in [0.15, 0.2) is 5.13 Å². The van der Waals surface area contributed by atoms with Crippen molar-refractivity contribution in [2.24, 2.45) is 0 Å². The highest BCUT2D eigenvalue weighted by atomic mass is 32.1. The minimum atomic E-state index is -0.357. The number of carbonyl (C=O) groups is 2. The van der Waals surface area contributed by atoms with Crippen molar-refractivity contribution in [1.82, 2.24) is 4.98 Å². The van der Waals surface area contributed by atoms with Crippen LogP contribution >= 0.6 is 11.3 Å². The number of amides is 3. The van der Waals surface area contributed by atoms with Crippen LogP contribution in [0.1, 0.15) is 23.7 Å². The van der Waals surface area contributed by atoms with Crippen molar-refractivity contribution < 1.29 is 9.59 Å². The fraction of sp³-hybridized carbons (Fsp3) is 0.227. The Hall–Kier alpha value is -3.19. The van der Waals surface area contributed by atoms with E-state index < -0.39 is 0 Å². The van der Waals surface area contributed by atoms with E-state index in [0.717, 1.165) is 23.4 Å². The van der Waals surface area contributed by atoms with Crippen LogP contribution in [0, 0.1) is 6.92 Å². The topological polar surface area (TPSA) is 74.3 Å². The minimum Gasteiger partial charge on any atom is -0.309 e. The number of urea groups is 1. The number of anilines is 3. The number of nitrogens with one attached hydrogen (secondary N) is 2. The van der Waals surface area contributed by atoms with E-state index >= 15 is 0 Å². The minimum absolute atomic E-state index is 0.0171. The zero-order valence-electron chi connectivity index (χ0n) is 16.3. The third kappa shape index (κ3) is 4.30. The van der Waals surface area contributed by atoms with Gasteiger partial charge in [0.25, 0.3) is 0 Å². The molecule has 0 saturated carbocycles. The predicted molar refractivity (Wildman–Crippen MR) is 117 cm³/mol. The van der Waals surface area contributed by atoms with E-state index in [2.05, 4.69) is 28.6 Å². The number of benzene rings is 2. The molecular formula is C22H22N4O2S. The third-order valence-corrected chi connectivity index (χ3v) is 5.66. The molecule has 0 spiro atoms. The monoisotopic (exact) mass is 406 g/mol. The number of aromatic nitrogens is 1. The second-order valence-corrected chi connectivity index (χ2v) is 8.07. The van der Waals surface area contributed by atoms with Gasteiger partial charge in [0.05, 0.1) is 12.1 Å². The van der Waals surface area contributed by atoms with Crippen molar-refractivity contribution in [3.05, 3.63) is 70.7 Å². The molecule has 2 N–H and O–H groups in total. The first-order chi connectivity index (χ1) is 14.0. The van der Waals surface area contributed by atoms with Crippen LogP contribution < -0.4 is 15.5 Å². The molecule has 3 aromatic rings. The lowest BCUT2D eigenvalue weighted by Crippen LogP contribution is -2.36. The van der Waals surface area contributed by atoms with E-state index in [4.69, 9.17) is 0 Å². The van der Waals surface area contributed by atoms with Crippen LogP contribution in [0.2, 0.25) is 0 Å². The molecule has 2 heterocycles. The molecule has 6 nitrogen and oxygen atoms in total. The second-order valence-electron chi connectivity index (χ2n) is 7.21. The average Bonchev–Trinajstić information content (AvgIpc) is 3.24. The summed E-state index contributed by atoms with van der Waals surface area (Å²) in [5.74, 6) is 0.0171. The lowest BCUT2D eigenvalue weighted by atomic mass is 10.1. The van der Waals surface area contributed by atoms with Gasteiger partial charge in [-0.05, 0) is 49.6 Å². The summed E-state index contributed by atoms with van der Waals surface area (Å²) in [6.45, 7) is 4.02. The fourth-order valence-corrected chi connectivity index (χ4v) is 4.32. The molecule has 1 aliphatic heterocycles. The molecule has 1 aromatic heterocycles. The lowest BCUT2D eigenvalue weighted by molar-refractivity contribution is -0.118. The highest BCUT2D eigenvalue weighted by Gasteiger charge is 2.30. The van der Waals surface area contributed by atoms with Gasteiger partial charge < -0.3 is 10.2 Å². The molecule has 1 aliphatic rings. The summed E-state index contributed by atoms with van der Waals surface area (Å²) in [4.78, 5) is 31.3. The summed E-state index contributed by atoms with van der Waals surface area (Å²) < 4.78 is 0. The van der Waals surface area contributed by atoms with Crippen LogP contribution in [0.5, 0.6) is 0 Å². The van der Waals surface area contributed by atoms with Gasteiger partial charge in [-0.1, -0.05) is 30.3 Å². The summed E-state index contributed by atoms with van der Waals surface area (Å²) in [5, 5.41) is 7.79. The van der Waals surface area contributed by atoms with E-state index in [1.807, 2.05) is 59.7 Å². The highest BCUT2D eigenvalue weighted by molar-refractivity contribution is 7.14. The van der Waals surface area contributed by atoms with Crippen molar-refractivity contribution in [3.63, 3.8) is 0 Å². The van der Waals surface area contributed by atoms with Gasteiger partial charge in [0, 0.05) is 22.8 Å². The quantitative estimate of drug-likeness (QED) is 0.664. The first-order valence-corrected chi connectivity index (χ1v) is 10.4. The number of thiazole rings is 1. The van der Waals surface area contributed by atoms with Gasteiger partial charge in [-0.15, -0.1) is 11.3 Å². The van der Waals surface area contributed by atoms with Gasteiger partial charge >= 0.3 is 6.03 Å². The van der Waals surface area contributed by atoms with Gasteiger partial charge in [-0.2, -0.15) is 0 Å². The maximum absolute atomic E-state index is 12.9. The van der Waals surface area contributed by atoms with Crippen LogP contribution in [0.25, 0.3) is 0 Å². The summed E-state index contributed by atoms with van der Waals surface area (Å²) in [5.41, 5.74) is 4.62. The standard InChI is InChI=1S/C22H22N4O2S/c1-14-6-5-8-17(10-14)23-21(28)25-22-24-18(13-29-22)12-20(27)26-15(2)11-16-7-3-4-9-19(16)26/h3-10,13,15H,11-12H2,1-2H3,(H2,23,24,25,28). The van der Waals surface area contributed by atoms with E-state index in [1.165, 1.54) is 16.9 Å². The Labute approximate surface area is 173 Å². The first kappa shape index (κ1) is 19.1. The Morgan fingerprint density at radius 1 is 1.17 bits per heavy atom. The normalized spacial score (nSPS) is 15.1. The third-order valence-electron chi connectivity index (χ3n) is 4.86. The summed E-state index contributed by atoms with van der Waals surface area (Å²) >= 11 is 1.31. The van der Waals surface area contributed by atoms with Crippen LogP contribution in [-0.4, -0.2) is 23.0 Å². The zero-order chi connectivity index (χ0) is 20.4. The number of aryl methyl sites for hydroxylation is 1. The Morgan fingerprint density at radius 3 is 2.83 bits per heavy atom. The average molecular weight is 407 g/mol. The highest BCUT2D eigenvalue weighted by Crippen LogP contribution is 2.32. The maximum atomic E-state index is 12.9. The number of nitrogens with zero attached hydrogens (tertiary/aromatic N) is 2. The van der Waals surface area contributed by atoms with Crippen molar-refractivity contribution in [3.8, 4) is 0 Å². The molecule has 29 heavy (non-hydrogen) atoms.